The van der Waals surface area contributed by atoms with Gasteiger partial charge in [0.2, 0.25) is 5.91 Å². The fourth-order valence-electron chi connectivity index (χ4n) is 3.34. The number of rotatable bonds is 5. The normalized spacial score (nSPS) is 23.3. The van der Waals surface area contributed by atoms with Crippen LogP contribution in [0.3, 0.4) is 0 Å². The van der Waals surface area contributed by atoms with Crippen LogP contribution in [-0.4, -0.2) is 33.4 Å². The van der Waals surface area contributed by atoms with Crippen molar-refractivity contribution in [2.75, 3.05) is 6.61 Å². The van der Waals surface area contributed by atoms with Gasteiger partial charge in [0.05, 0.1) is 5.69 Å². The second-order valence-electron chi connectivity index (χ2n) is 6.79. The van der Waals surface area contributed by atoms with Gasteiger partial charge in [0.25, 0.3) is 0 Å². The third-order valence-electron chi connectivity index (χ3n) is 5.07. The van der Waals surface area contributed by atoms with Gasteiger partial charge in [-0.15, -0.1) is 0 Å². The molecule has 2 N–H and O–H groups in total. The molecule has 1 atom stereocenters. The van der Waals surface area contributed by atoms with Gasteiger partial charge in [0.1, 0.15) is 0 Å². The van der Waals surface area contributed by atoms with Crippen molar-refractivity contribution in [3.8, 4) is 0 Å². The molecule has 1 aromatic rings. The Kier molecular flexibility index (Phi) is 5.62. The summed E-state index contributed by atoms with van der Waals surface area (Å²) in [5, 5.41) is 16.8. The summed E-state index contributed by atoms with van der Waals surface area (Å²) in [6.45, 7) is 6.32. The van der Waals surface area contributed by atoms with Crippen LogP contribution < -0.4 is 5.32 Å². The molecular weight excluding hydrogens is 278 g/mol. The molecule has 0 saturated heterocycles. The maximum atomic E-state index is 12.4. The fourth-order valence-corrected chi connectivity index (χ4v) is 3.34. The summed E-state index contributed by atoms with van der Waals surface area (Å²) in [4.78, 5) is 12.4. The van der Waals surface area contributed by atoms with Crippen LogP contribution in [0.1, 0.15) is 49.6 Å². The monoisotopic (exact) mass is 307 g/mol. The van der Waals surface area contributed by atoms with E-state index in [2.05, 4.69) is 17.3 Å². The number of aromatic nitrogens is 2. The molecular formula is C17H29N3O2. The van der Waals surface area contributed by atoms with Crippen LogP contribution in [0.25, 0.3) is 0 Å². The molecule has 0 radical (unpaired) electrons. The molecule has 0 aromatic carbocycles. The molecule has 5 heteroatoms. The summed E-state index contributed by atoms with van der Waals surface area (Å²) in [6.07, 6.45) is 4.72. The van der Waals surface area contributed by atoms with Crippen LogP contribution in [-0.2, 0) is 18.3 Å². The van der Waals surface area contributed by atoms with Gasteiger partial charge in [-0.25, -0.2) is 0 Å². The van der Waals surface area contributed by atoms with Crippen LogP contribution in [0.15, 0.2) is 0 Å². The van der Waals surface area contributed by atoms with Crippen LogP contribution in [0, 0.1) is 25.7 Å². The molecule has 0 spiro atoms. The minimum atomic E-state index is -0.0443. The zero-order chi connectivity index (χ0) is 16.3. The Morgan fingerprint density at radius 2 is 2.00 bits per heavy atom. The lowest BCUT2D eigenvalue weighted by Gasteiger charge is -2.28. The summed E-state index contributed by atoms with van der Waals surface area (Å²) in [5.74, 6) is 0.513. The van der Waals surface area contributed by atoms with Gasteiger partial charge in [0, 0.05) is 31.3 Å². The van der Waals surface area contributed by atoms with Gasteiger partial charge in [-0.3, -0.25) is 9.48 Å². The Morgan fingerprint density at radius 3 is 2.50 bits per heavy atom. The van der Waals surface area contributed by atoms with E-state index in [1.165, 1.54) is 5.56 Å². The summed E-state index contributed by atoms with van der Waals surface area (Å²) < 4.78 is 1.88. The van der Waals surface area contributed by atoms with E-state index in [4.69, 9.17) is 0 Å². The fraction of sp³-hybridized carbons (Fsp3) is 0.765. The minimum Gasteiger partial charge on any atom is -0.396 e. The number of aliphatic hydroxyl groups is 1. The Balaban J connectivity index is 1.87. The van der Waals surface area contributed by atoms with Crippen LogP contribution >= 0.6 is 0 Å². The van der Waals surface area contributed by atoms with Crippen LogP contribution in [0.4, 0.5) is 0 Å². The van der Waals surface area contributed by atoms with Crippen molar-refractivity contribution < 1.29 is 9.90 Å². The number of hydrogen-bond donors (Lipinski definition) is 2. The largest absolute Gasteiger partial charge is 0.396 e. The first-order chi connectivity index (χ1) is 10.4. The molecule has 2 rings (SSSR count). The van der Waals surface area contributed by atoms with Crippen molar-refractivity contribution in [1.29, 1.82) is 0 Å². The third-order valence-corrected chi connectivity index (χ3v) is 5.07. The van der Waals surface area contributed by atoms with Gasteiger partial charge in [-0.2, -0.15) is 5.10 Å². The minimum absolute atomic E-state index is 0.0443. The van der Waals surface area contributed by atoms with E-state index in [0.717, 1.165) is 43.5 Å². The van der Waals surface area contributed by atoms with Gasteiger partial charge < -0.3 is 10.4 Å². The maximum Gasteiger partial charge on any atom is 0.223 e. The number of carbonyl (C=O) groups is 1. The molecule has 1 amide bonds. The van der Waals surface area contributed by atoms with E-state index in [1.54, 1.807) is 0 Å². The highest BCUT2D eigenvalue weighted by Gasteiger charge is 2.24. The number of aryl methyl sites for hydroxylation is 2. The molecule has 0 aliphatic heterocycles. The molecule has 5 nitrogen and oxygen atoms in total. The molecule has 0 bridgehead atoms. The number of aliphatic hydroxyl groups excluding tert-OH is 1. The second-order valence-corrected chi connectivity index (χ2v) is 6.79. The lowest BCUT2D eigenvalue weighted by atomic mass is 9.86. The summed E-state index contributed by atoms with van der Waals surface area (Å²) in [6, 6.07) is 0.272. The highest BCUT2D eigenvalue weighted by molar-refractivity contribution is 5.79. The van der Waals surface area contributed by atoms with Gasteiger partial charge in [-0.05, 0) is 57.4 Å². The van der Waals surface area contributed by atoms with Crippen molar-refractivity contribution in [3.63, 3.8) is 0 Å². The lowest BCUT2D eigenvalue weighted by Crippen LogP contribution is -2.41. The van der Waals surface area contributed by atoms with Crippen LogP contribution in [0.2, 0.25) is 0 Å². The quantitative estimate of drug-likeness (QED) is 0.873. The predicted molar refractivity (Wildman–Crippen MR) is 86.5 cm³/mol. The Labute approximate surface area is 133 Å². The smallest absolute Gasteiger partial charge is 0.223 e. The first-order valence-electron chi connectivity index (χ1n) is 8.32. The first-order valence-corrected chi connectivity index (χ1v) is 8.32. The van der Waals surface area contributed by atoms with Crippen molar-refractivity contribution in [1.82, 2.24) is 15.1 Å². The Hall–Kier alpha value is -1.36. The summed E-state index contributed by atoms with van der Waals surface area (Å²) in [5.41, 5.74) is 3.35. The van der Waals surface area contributed by atoms with Crippen molar-refractivity contribution in [2.24, 2.45) is 18.9 Å². The van der Waals surface area contributed by atoms with E-state index in [9.17, 15) is 9.90 Å². The number of nitrogens with one attached hydrogen (secondary N) is 1. The highest BCUT2D eigenvalue weighted by atomic mass is 16.3. The lowest BCUT2D eigenvalue weighted by molar-refractivity contribution is -0.125. The molecule has 1 aliphatic carbocycles. The second kappa shape index (κ2) is 7.27. The molecule has 1 unspecified atom stereocenters. The highest BCUT2D eigenvalue weighted by Crippen LogP contribution is 2.24. The van der Waals surface area contributed by atoms with E-state index in [0.29, 0.717) is 5.92 Å². The topological polar surface area (TPSA) is 67.2 Å². The SMILES string of the molecule is Cc1nn(C)c(C)c1CC(C)C(=O)NC1CCC(CO)CC1. The number of carbonyl (C=O) groups excluding carboxylic acids is 1. The summed E-state index contributed by atoms with van der Waals surface area (Å²) in [7, 11) is 1.94. The maximum absolute atomic E-state index is 12.4. The van der Waals surface area contributed by atoms with Gasteiger partial charge in [0.15, 0.2) is 0 Å². The Bertz CT molecular complexity index is 516. The zero-order valence-electron chi connectivity index (χ0n) is 14.2. The molecule has 1 saturated carbocycles. The average molecular weight is 307 g/mol. The van der Waals surface area contributed by atoms with Crippen LogP contribution in [0.5, 0.6) is 0 Å². The van der Waals surface area contributed by atoms with Gasteiger partial charge in [-0.1, -0.05) is 6.92 Å². The van der Waals surface area contributed by atoms with E-state index < -0.39 is 0 Å². The van der Waals surface area contributed by atoms with Crippen molar-refractivity contribution in [2.45, 2.75) is 58.9 Å². The van der Waals surface area contributed by atoms with E-state index >= 15 is 0 Å². The molecule has 1 heterocycles. The molecule has 1 fully saturated rings. The Morgan fingerprint density at radius 1 is 1.36 bits per heavy atom. The molecule has 1 aliphatic rings. The van der Waals surface area contributed by atoms with Crippen molar-refractivity contribution >= 4 is 5.91 Å². The third kappa shape index (κ3) is 3.88. The van der Waals surface area contributed by atoms with E-state index in [-0.39, 0.29) is 24.5 Å². The molecule has 1 aromatic heterocycles. The van der Waals surface area contributed by atoms with Crippen molar-refractivity contribution in [3.05, 3.63) is 17.0 Å². The number of nitrogens with zero attached hydrogens (tertiary/aromatic N) is 2. The standard InChI is InChI=1S/C17H29N3O2/c1-11(9-16-12(2)19-20(4)13(16)3)17(22)18-15-7-5-14(10-21)6-8-15/h11,14-15,21H,5-10H2,1-4H3,(H,18,22). The number of amides is 1. The molecule has 124 valence electrons. The average Bonchev–Trinajstić information content (AvgIpc) is 2.74. The predicted octanol–water partition coefficient (Wildman–Crippen LogP) is 1.88. The van der Waals surface area contributed by atoms with Gasteiger partial charge >= 0.3 is 0 Å². The summed E-state index contributed by atoms with van der Waals surface area (Å²) >= 11 is 0. The molecule has 22 heavy (non-hydrogen) atoms. The first kappa shape index (κ1) is 17.0. The van der Waals surface area contributed by atoms with E-state index in [1.807, 2.05) is 25.6 Å². The zero-order valence-corrected chi connectivity index (χ0v) is 14.2. The number of hydrogen-bond acceptors (Lipinski definition) is 3.